The number of alkyl halides is 6. The second-order valence-electron chi connectivity index (χ2n) is 12.1. The lowest BCUT2D eigenvalue weighted by Crippen LogP contribution is -2.53. The first-order valence-corrected chi connectivity index (χ1v) is 16.8. The van der Waals surface area contributed by atoms with Crippen molar-refractivity contribution in [3.63, 3.8) is 0 Å². The van der Waals surface area contributed by atoms with E-state index in [1.807, 2.05) is 43.3 Å². The third-order valence-corrected chi connectivity index (χ3v) is 9.13. The van der Waals surface area contributed by atoms with Crippen LogP contribution in [0.3, 0.4) is 0 Å². The second-order valence-corrected chi connectivity index (χ2v) is 12.9. The summed E-state index contributed by atoms with van der Waals surface area (Å²) >= 11 is 11.9. The number of carboxylic acid groups (broad SMARTS) is 2. The number of nitrogens with zero attached hydrogens (tertiary/aromatic N) is 1. The van der Waals surface area contributed by atoms with Gasteiger partial charge in [-0.15, -0.1) is 0 Å². The van der Waals surface area contributed by atoms with Crippen molar-refractivity contribution in [2.75, 3.05) is 16.8 Å². The molecule has 3 aromatic rings. The van der Waals surface area contributed by atoms with Crippen LogP contribution in [-0.2, 0) is 30.4 Å². The molecule has 0 aromatic heterocycles. The van der Waals surface area contributed by atoms with E-state index in [1.165, 1.54) is 12.1 Å². The van der Waals surface area contributed by atoms with Crippen LogP contribution in [0.4, 0.5) is 37.7 Å². The third kappa shape index (κ3) is 10.3. The summed E-state index contributed by atoms with van der Waals surface area (Å²) in [4.78, 5) is 59.1. The molecule has 1 unspecified atom stereocenters. The van der Waals surface area contributed by atoms with E-state index in [0.29, 0.717) is 29.8 Å². The quantitative estimate of drug-likeness (QED) is 0.160. The molecule has 0 radical (unpaired) electrons. The van der Waals surface area contributed by atoms with Gasteiger partial charge in [0.25, 0.3) is 0 Å². The number of hydrogen-bond donors (Lipinski definition) is 6. The minimum absolute atomic E-state index is 0.0259. The molecule has 2 amide bonds. The molecule has 20 heteroatoms. The standard InChI is InChI=1S/C17H18N2O3.C15H16Cl2F3N3O2.C2HF3O2/c1-2-11(18)16(20)14-13-10-6-4-3-5-9(10)7-8-12(13)19-15(14)17(21)22;1-2-10(21)14(25)23-11-5-9(17)8(16)3-7(11)4-12(23)13(24)22-6-15(18,19)20;3-2(4,5)1(6)7/h3-8,11,14-15,19H,2,18H2,1H3,(H,21,22);3,5,10,12H,2,4,6,21H2,1H3,(H,22,24);(H,6,7)/t11-,14?,15-;10-,12-;/m00./s1. The minimum atomic E-state index is -5.08. The summed E-state index contributed by atoms with van der Waals surface area (Å²) in [5, 5.41) is 23.6. The van der Waals surface area contributed by atoms with E-state index in [0.717, 1.165) is 21.2 Å². The summed E-state index contributed by atoms with van der Waals surface area (Å²) in [6, 6.07) is 10.7. The molecule has 0 bridgehead atoms. The van der Waals surface area contributed by atoms with Crippen molar-refractivity contribution in [3.8, 4) is 0 Å². The number of Topliss-reactive ketones (excluding diaryl/α,β-unsaturated/α-hetero) is 1. The Morgan fingerprint density at radius 2 is 1.50 bits per heavy atom. The lowest BCUT2D eigenvalue weighted by molar-refractivity contribution is -0.192. The highest BCUT2D eigenvalue weighted by Gasteiger charge is 2.44. The number of anilines is 2. The maximum Gasteiger partial charge on any atom is 0.490 e. The first-order valence-electron chi connectivity index (χ1n) is 16.0. The molecule has 5 atom stereocenters. The van der Waals surface area contributed by atoms with Crippen molar-refractivity contribution in [2.45, 2.75) is 75.5 Å². The highest BCUT2D eigenvalue weighted by molar-refractivity contribution is 6.42. The fourth-order valence-corrected chi connectivity index (χ4v) is 6.03. The smallest absolute Gasteiger partial charge is 0.480 e. The van der Waals surface area contributed by atoms with Gasteiger partial charge >= 0.3 is 24.3 Å². The molecule has 2 aliphatic rings. The zero-order valence-electron chi connectivity index (χ0n) is 28.4. The monoisotopic (exact) mass is 809 g/mol. The summed E-state index contributed by atoms with van der Waals surface area (Å²) in [5.74, 6) is -6.26. The van der Waals surface area contributed by atoms with Gasteiger partial charge in [-0.25, -0.2) is 9.59 Å². The number of amides is 2. The van der Waals surface area contributed by atoms with Crippen LogP contribution in [0.15, 0.2) is 48.5 Å². The third-order valence-electron chi connectivity index (χ3n) is 8.41. The number of nitrogens with two attached hydrogens (primary N) is 2. The van der Waals surface area contributed by atoms with Crippen molar-refractivity contribution in [3.05, 3.63) is 69.7 Å². The second kappa shape index (κ2) is 17.7. The average molecular weight is 811 g/mol. The maximum atomic E-state index is 12.7. The van der Waals surface area contributed by atoms with Crippen LogP contribution in [0.2, 0.25) is 10.0 Å². The molecule has 8 N–H and O–H groups in total. The van der Waals surface area contributed by atoms with E-state index in [4.69, 9.17) is 44.6 Å². The minimum Gasteiger partial charge on any atom is -0.480 e. The lowest BCUT2D eigenvalue weighted by atomic mass is 9.84. The van der Waals surface area contributed by atoms with Crippen LogP contribution in [0, 0.1) is 0 Å². The molecule has 12 nitrogen and oxygen atoms in total. The fourth-order valence-electron chi connectivity index (χ4n) is 5.69. The predicted molar refractivity (Wildman–Crippen MR) is 187 cm³/mol. The van der Waals surface area contributed by atoms with Gasteiger partial charge in [-0.3, -0.25) is 19.3 Å². The van der Waals surface area contributed by atoms with Crippen molar-refractivity contribution in [1.29, 1.82) is 0 Å². The van der Waals surface area contributed by atoms with Gasteiger partial charge in [-0.05, 0) is 52.9 Å². The highest BCUT2D eigenvalue weighted by atomic mass is 35.5. The summed E-state index contributed by atoms with van der Waals surface area (Å²) in [6.07, 6.45) is -8.81. The normalized spacial score (nSPS) is 18.4. The Bertz CT molecular complexity index is 1910. The van der Waals surface area contributed by atoms with Crippen molar-refractivity contribution in [1.82, 2.24) is 5.32 Å². The van der Waals surface area contributed by atoms with Crippen LogP contribution in [0.5, 0.6) is 0 Å². The first kappa shape index (κ1) is 43.8. The largest absolute Gasteiger partial charge is 0.490 e. The summed E-state index contributed by atoms with van der Waals surface area (Å²) in [7, 11) is 0. The molecule has 0 spiro atoms. The highest BCUT2D eigenvalue weighted by Crippen LogP contribution is 2.42. The Labute approximate surface area is 313 Å². The Balaban J connectivity index is 0.000000248. The Hall–Kier alpha value is -4.65. The number of nitrogens with one attached hydrogen (secondary N) is 2. The Morgan fingerprint density at radius 3 is 2.04 bits per heavy atom. The topological polar surface area (TPSA) is 205 Å². The predicted octanol–water partition coefficient (Wildman–Crippen LogP) is 5.41. The molecule has 3 aromatic carbocycles. The van der Waals surface area contributed by atoms with Crippen LogP contribution in [0.25, 0.3) is 10.8 Å². The molecule has 2 heterocycles. The van der Waals surface area contributed by atoms with Crippen molar-refractivity contribution < 1.29 is 60.5 Å². The fraction of sp³-hybridized carbons (Fsp3) is 0.382. The Kier molecular flexibility index (Phi) is 14.3. The van der Waals surface area contributed by atoms with Crippen LogP contribution in [-0.4, -0.2) is 82.8 Å². The van der Waals surface area contributed by atoms with E-state index < -0.39 is 72.7 Å². The van der Waals surface area contributed by atoms with Crippen LogP contribution < -0.4 is 27.0 Å². The summed E-state index contributed by atoms with van der Waals surface area (Å²) in [6.45, 7) is 2.03. The van der Waals surface area contributed by atoms with E-state index >= 15 is 0 Å². The SMILES string of the molecule is CC[C@H](N)C(=O)C1c2c(ccc3ccccc23)N[C@@H]1C(=O)O.CC[C@H](N)C(=O)N1c2cc(Cl)c(Cl)cc2C[C@H]1C(=O)NCC(F)(F)F.O=C(O)C(F)(F)F. The average Bonchev–Trinajstić information content (AvgIpc) is 3.68. The molecule has 0 fully saturated rings. The molecule has 5 rings (SSSR count). The van der Waals surface area contributed by atoms with Gasteiger partial charge in [0.05, 0.1) is 28.0 Å². The van der Waals surface area contributed by atoms with Crippen LogP contribution in [0.1, 0.15) is 43.7 Å². The van der Waals surface area contributed by atoms with Crippen LogP contribution >= 0.6 is 23.2 Å². The van der Waals surface area contributed by atoms with E-state index in [-0.39, 0.29) is 22.2 Å². The number of carboxylic acids is 2. The molecule has 54 heavy (non-hydrogen) atoms. The number of fused-ring (bicyclic) bond motifs is 4. The lowest BCUT2D eigenvalue weighted by Gasteiger charge is -2.27. The number of carbonyl (C=O) groups excluding carboxylic acids is 3. The van der Waals surface area contributed by atoms with Crippen molar-refractivity contribution in [2.24, 2.45) is 11.5 Å². The number of hydrogen-bond acceptors (Lipinski definition) is 8. The summed E-state index contributed by atoms with van der Waals surface area (Å²) < 4.78 is 68.8. The van der Waals surface area contributed by atoms with E-state index in [1.54, 1.807) is 12.2 Å². The molecular formula is C34H35Cl2F6N5O7. The Morgan fingerprint density at radius 1 is 0.926 bits per heavy atom. The van der Waals surface area contributed by atoms with Gasteiger partial charge in [-0.2, -0.15) is 26.3 Å². The van der Waals surface area contributed by atoms with E-state index in [9.17, 15) is 50.6 Å². The number of halogens is 8. The number of rotatable bonds is 8. The molecule has 2 aliphatic heterocycles. The zero-order chi connectivity index (χ0) is 40.9. The van der Waals surface area contributed by atoms with Gasteiger partial charge in [0.15, 0.2) is 5.78 Å². The van der Waals surface area contributed by atoms with Gasteiger partial charge in [0, 0.05) is 17.8 Å². The number of carbonyl (C=O) groups is 5. The molecule has 0 aliphatic carbocycles. The van der Waals surface area contributed by atoms with Crippen molar-refractivity contribution >= 4 is 74.9 Å². The van der Waals surface area contributed by atoms with Gasteiger partial charge in [-0.1, -0.05) is 67.4 Å². The molecule has 0 saturated heterocycles. The number of aliphatic carboxylic acids is 2. The van der Waals surface area contributed by atoms with Gasteiger partial charge in [0.2, 0.25) is 11.8 Å². The number of ketones is 1. The van der Waals surface area contributed by atoms with Gasteiger partial charge < -0.3 is 32.3 Å². The molecular weight excluding hydrogens is 775 g/mol. The van der Waals surface area contributed by atoms with Gasteiger partial charge in [0.1, 0.15) is 18.6 Å². The maximum absolute atomic E-state index is 12.7. The van der Waals surface area contributed by atoms with E-state index in [2.05, 4.69) is 5.32 Å². The number of benzene rings is 3. The zero-order valence-corrected chi connectivity index (χ0v) is 29.9. The first-order chi connectivity index (χ1) is 25.0. The summed E-state index contributed by atoms with van der Waals surface area (Å²) in [5.41, 5.74) is 14.0. The molecule has 294 valence electrons. The molecule has 0 saturated carbocycles.